The van der Waals surface area contributed by atoms with Crippen LogP contribution in [0.3, 0.4) is 0 Å². The minimum atomic E-state index is -0.930. The van der Waals surface area contributed by atoms with Crippen LogP contribution in [0.4, 0.5) is 0 Å². The fourth-order valence-corrected chi connectivity index (χ4v) is 3.57. The van der Waals surface area contributed by atoms with Gasteiger partial charge in [0.25, 0.3) is 0 Å². The molecule has 3 atom stereocenters. The first-order valence-corrected chi connectivity index (χ1v) is 8.40. The number of carboxylic acids is 1. The minimum absolute atomic E-state index is 0.0412. The molecule has 0 saturated carbocycles. The van der Waals surface area contributed by atoms with E-state index in [9.17, 15) is 14.7 Å². The molecular weight excluding hydrogens is 318 g/mol. The van der Waals surface area contributed by atoms with Crippen molar-refractivity contribution in [2.75, 3.05) is 33.2 Å². The SMILES string of the molecule is C[C@@H](NC(=O)CN1C[C@@H](O)[C@H](N(C)CC(=O)O)C1)c1cccs1. The molecule has 1 amide bonds. The lowest BCUT2D eigenvalue weighted by molar-refractivity contribution is -0.138. The molecule has 1 aromatic rings. The first kappa shape index (κ1) is 17.9. The largest absolute Gasteiger partial charge is 0.480 e. The lowest BCUT2D eigenvalue weighted by atomic mass is 10.2. The van der Waals surface area contributed by atoms with Gasteiger partial charge >= 0.3 is 5.97 Å². The first-order valence-electron chi connectivity index (χ1n) is 7.52. The van der Waals surface area contributed by atoms with Gasteiger partial charge in [-0.2, -0.15) is 0 Å². The maximum absolute atomic E-state index is 12.1. The van der Waals surface area contributed by atoms with Gasteiger partial charge < -0.3 is 15.5 Å². The number of carboxylic acid groups (broad SMARTS) is 1. The minimum Gasteiger partial charge on any atom is -0.480 e. The van der Waals surface area contributed by atoms with Gasteiger partial charge in [0.1, 0.15) is 0 Å². The summed E-state index contributed by atoms with van der Waals surface area (Å²) >= 11 is 1.60. The number of hydrogen-bond acceptors (Lipinski definition) is 6. The van der Waals surface area contributed by atoms with Crippen molar-refractivity contribution >= 4 is 23.2 Å². The standard InChI is InChI=1S/C15H23N3O4S/c1-10(13-4-3-5-23-13)16-14(20)8-18-6-11(12(19)7-18)17(2)9-15(21)22/h3-5,10-12,19H,6-9H2,1-2H3,(H,16,20)(H,21,22)/t10-,11-,12-/m1/s1. The molecule has 0 aliphatic carbocycles. The van der Waals surface area contributed by atoms with Gasteiger partial charge in [0.05, 0.1) is 25.2 Å². The van der Waals surface area contributed by atoms with Crippen molar-refractivity contribution in [3.8, 4) is 0 Å². The predicted octanol–water partition coefficient (Wildman–Crippen LogP) is -0.0132. The summed E-state index contributed by atoms with van der Waals surface area (Å²) in [5.74, 6) is -1.03. The molecule has 1 aliphatic heterocycles. The van der Waals surface area contributed by atoms with Crippen LogP contribution in [0.1, 0.15) is 17.8 Å². The van der Waals surface area contributed by atoms with E-state index in [0.717, 1.165) is 4.88 Å². The van der Waals surface area contributed by atoms with Crippen molar-refractivity contribution in [2.45, 2.75) is 25.1 Å². The fraction of sp³-hybridized carbons (Fsp3) is 0.600. The van der Waals surface area contributed by atoms with Gasteiger partial charge in [0.2, 0.25) is 5.91 Å². The molecule has 7 nitrogen and oxygen atoms in total. The third-order valence-electron chi connectivity index (χ3n) is 4.00. The van der Waals surface area contributed by atoms with Gasteiger partial charge in [0.15, 0.2) is 0 Å². The highest BCUT2D eigenvalue weighted by Crippen LogP contribution is 2.18. The average molecular weight is 341 g/mol. The van der Waals surface area contributed by atoms with Crippen molar-refractivity contribution < 1.29 is 19.8 Å². The van der Waals surface area contributed by atoms with Crippen LogP contribution in [-0.2, 0) is 9.59 Å². The smallest absolute Gasteiger partial charge is 0.317 e. The molecule has 8 heteroatoms. The Kier molecular flexibility index (Phi) is 6.11. The third-order valence-corrected chi connectivity index (χ3v) is 5.06. The van der Waals surface area contributed by atoms with Crippen molar-refractivity contribution in [3.63, 3.8) is 0 Å². The number of rotatable bonds is 7. The van der Waals surface area contributed by atoms with Crippen LogP contribution in [0, 0.1) is 0 Å². The normalized spacial score (nSPS) is 23.1. The lowest BCUT2D eigenvalue weighted by Gasteiger charge is -2.24. The van der Waals surface area contributed by atoms with Crippen molar-refractivity contribution in [2.24, 2.45) is 0 Å². The molecule has 1 aliphatic rings. The number of aliphatic hydroxyl groups excluding tert-OH is 1. The number of aliphatic carboxylic acids is 1. The summed E-state index contributed by atoms with van der Waals surface area (Å²) in [4.78, 5) is 27.5. The van der Waals surface area contributed by atoms with Crippen molar-refractivity contribution in [1.82, 2.24) is 15.1 Å². The van der Waals surface area contributed by atoms with Gasteiger partial charge in [-0.1, -0.05) is 6.07 Å². The van der Waals surface area contributed by atoms with Crippen molar-refractivity contribution in [3.05, 3.63) is 22.4 Å². The number of nitrogens with zero attached hydrogens (tertiary/aromatic N) is 2. The van der Waals surface area contributed by atoms with Gasteiger partial charge in [-0.3, -0.25) is 19.4 Å². The molecule has 0 spiro atoms. The molecule has 0 radical (unpaired) electrons. The Hall–Kier alpha value is -1.48. The zero-order valence-electron chi connectivity index (χ0n) is 13.3. The van der Waals surface area contributed by atoms with Crippen LogP contribution in [0.2, 0.25) is 0 Å². The maximum atomic E-state index is 12.1. The van der Waals surface area contributed by atoms with Gasteiger partial charge in [-0.25, -0.2) is 0 Å². The van der Waals surface area contributed by atoms with E-state index in [0.29, 0.717) is 13.1 Å². The predicted molar refractivity (Wildman–Crippen MR) is 87.4 cm³/mol. The molecule has 0 aromatic carbocycles. The van der Waals surface area contributed by atoms with E-state index >= 15 is 0 Å². The molecule has 23 heavy (non-hydrogen) atoms. The Morgan fingerprint density at radius 1 is 1.52 bits per heavy atom. The van der Waals surface area contributed by atoms with E-state index in [-0.39, 0.29) is 31.1 Å². The number of nitrogens with one attached hydrogen (secondary N) is 1. The summed E-state index contributed by atoms with van der Waals surface area (Å²) in [5.41, 5.74) is 0. The Morgan fingerprint density at radius 3 is 2.87 bits per heavy atom. The highest BCUT2D eigenvalue weighted by Gasteiger charge is 2.35. The average Bonchev–Trinajstić information content (AvgIpc) is 3.07. The van der Waals surface area contributed by atoms with Crippen LogP contribution in [-0.4, -0.2) is 77.3 Å². The highest BCUT2D eigenvalue weighted by molar-refractivity contribution is 7.10. The molecular formula is C15H23N3O4S. The van der Waals surface area contributed by atoms with Gasteiger partial charge in [-0.15, -0.1) is 11.3 Å². The number of hydrogen-bond donors (Lipinski definition) is 3. The summed E-state index contributed by atoms with van der Waals surface area (Å²) in [5, 5.41) is 23.8. The van der Waals surface area contributed by atoms with E-state index in [2.05, 4.69) is 5.32 Å². The number of likely N-dealkylation sites (tertiary alicyclic amines) is 1. The molecule has 1 saturated heterocycles. The van der Waals surface area contributed by atoms with Gasteiger partial charge in [-0.05, 0) is 25.4 Å². The number of likely N-dealkylation sites (N-methyl/N-ethyl adjacent to an activating group) is 1. The van der Waals surface area contributed by atoms with E-state index < -0.39 is 12.1 Å². The second kappa shape index (κ2) is 7.87. The number of carbonyl (C=O) groups excluding carboxylic acids is 1. The zero-order chi connectivity index (χ0) is 17.0. The van der Waals surface area contributed by atoms with E-state index in [1.807, 2.05) is 29.3 Å². The quantitative estimate of drug-likeness (QED) is 0.646. The fourth-order valence-electron chi connectivity index (χ4n) is 2.84. The second-order valence-electron chi connectivity index (χ2n) is 5.94. The molecule has 2 heterocycles. The Balaban J connectivity index is 1.82. The zero-order valence-corrected chi connectivity index (χ0v) is 14.1. The van der Waals surface area contributed by atoms with Crippen molar-refractivity contribution in [1.29, 1.82) is 0 Å². The molecule has 128 valence electrons. The molecule has 2 rings (SSSR count). The maximum Gasteiger partial charge on any atom is 0.317 e. The Labute approximate surface area is 139 Å². The van der Waals surface area contributed by atoms with Crippen LogP contribution in [0.5, 0.6) is 0 Å². The summed E-state index contributed by atoms with van der Waals surface area (Å²) in [7, 11) is 1.67. The van der Waals surface area contributed by atoms with E-state index in [1.165, 1.54) is 0 Å². The number of amides is 1. The third kappa shape index (κ3) is 5.00. The monoisotopic (exact) mass is 341 g/mol. The molecule has 0 bridgehead atoms. The van der Waals surface area contributed by atoms with Crippen LogP contribution in [0.15, 0.2) is 17.5 Å². The number of carbonyl (C=O) groups is 2. The first-order chi connectivity index (χ1) is 10.9. The van der Waals surface area contributed by atoms with E-state index in [1.54, 1.807) is 23.3 Å². The molecule has 1 aromatic heterocycles. The Bertz CT molecular complexity index is 537. The van der Waals surface area contributed by atoms with Crippen LogP contribution < -0.4 is 5.32 Å². The van der Waals surface area contributed by atoms with E-state index in [4.69, 9.17) is 5.11 Å². The topological polar surface area (TPSA) is 93.1 Å². The Morgan fingerprint density at radius 2 is 2.26 bits per heavy atom. The number of β-amino-alcohol motifs (C(OH)–C–C–N with tert-alkyl or cyclic N) is 1. The molecule has 3 N–H and O–H groups in total. The summed E-state index contributed by atoms with van der Waals surface area (Å²) in [6, 6.07) is 3.61. The van der Waals surface area contributed by atoms with Crippen LogP contribution in [0.25, 0.3) is 0 Å². The molecule has 1 fully saturated rings. The number of aliphatic hydroxyl groups is 1. The number of thiophene rings is 1. The highest BCUT2D eigenvalue weighted by atomic mass is 32.1. The lowest BCUT2D eigenvalue weighted by Crippen LogP contribution is -2.43. The van der Waals surface area contributed by atoms with Crippen LogP contribution >= 0.6 is 11.3 Å². The molecule has 0 unspecified atom stereocenters. The second-order valence-corrected chi connectivity index (χ2v) is 6.92. The summed E-state index contributed by atoms with van der Waals surface area (Å²) in [6.45, 7) is 2.86. The summed E-state index contributed by atoms with van der Waals surface area (Å²) in [6.07, 6.45) is -0.651. The summed E-state index contributed by atoms with van der Waals surface area (Å²) < 4.78 is 0. The van der Waals surface area contributed by atoms with Gasteiger partial charge in [0, 0.05) is 24.0 Å².